The molecule has 1 aromatic heterocycles. The summed E-state index contributed by atoms with van der Waals surface area (Å²) in [4.78, 5) is 22.5. The first-order chi connectivity index (χ1) is 16.6. The lowest BCUT2D eigenvalue weighted by Gasteiger charge is -2.37. The second-order valence-corrected chi connectivity index (χ2v) is 19.1. The molecule has 0 aliphatic heterocycles. The van der Waals surface area contributed by atoms with Gasteiger partial charge in [0.15, 0.2) is 0 Å². The molecular formula is C26H43BIN3OP4. The molecule has 0 bridgehead atoms. The number of nitrogens with zero attached hydrogens (tertiary/aromatic N) is 1. The number of carbonyl (C=O) groups excluding carboxylic acids is 1. The van der Waals surface area contributed by atoms with Crippen molar-refractivity contribution in [2.45, 2.75) is 87.2 Å². The summed E-state index contributed by atoms with van der Waals surface area (Å²) in [5.41, 5.74) is 3.67. The molecular weight excluding hydrogens is 632 g/mol. The van der Waals surface area contributed by atoms with Gasteiger partial charge in [0.1, 0.15) is 19.2 Å². The summed E-state index contributed by atoms with van der Waals surface area (Å²) in [5.74, 6) is 2.17. The van der Waals surface area contributed by atoms with Crippen molar-refractivity contribution >= 4 is 89.9 Å². The highest BCUT2D eigenvalue weighted by Crippen LogP contribution is 2.48. The second kappa shape index (κ2) is 12.3. The van der Waals surface area contributed by atoms with E-state index >= 15 is 0 Å². The maximum Gasteiger partial charge on any atom is 0.251 e. The Balaban J connectivity index is 1.99. The molecule has 2 N–H and O–H groups in total. The van der Waals surface area contributed by atoms with Gasteiger partial charge in [-0.15, -0.1) is 37.0 Å². The average Bonchev–Trinajstić information content (AvgIpc) is 3.19. The van der Waals surface area contributed by atoms with Crippen molar-refractivity contribution in [3.8, 4) is 0 Å². The number of carbonyl (C=O) groups is 1. The lowest BCUT2D eigenvalue weighted by atomic mass is 9.77. The predicted octanol–water partition coefficient (Wildman–Crippen LogP) is 6.07. The smallest absolute Gasteiger partial charge is 0.251 e. The van der Waals surface area contributed by atoms with Gasteiger partial charge in [-0.1, -0.05) is 46.3 Å². The van der Waals surface area contributed by atoms with E-state index in [-0.39, 0.29) is 16.1 Å². The molecule has 1 aliphatic rings. The molecule has 6 atom stereocenters. The summed E-state index contributed by atoms with van der Waals surface area (Å²) in [5, 5.41) is 2.86. The number of imidazole rings is 1. The van der Waals surface area contributed by atoms with Gasteiger partial charge in [0.2, 0.25) is 0 Å². The van der Waals surface area contributed by atoms with Gasteiger partial charge in [-0.25, -0.2) is 4.98 Å². The molecule has 1 amide bonds. The summed E-state index contributed by atoms with van der Waals surface area (Å²) in [6, 6.07) is 4.17. The van der Waals surface area contributed by atoms with E-state index in [0.717, 1.165) is 38.8 Å². The average molecular weight is 675 g/mol. The number of H-pyrrole nitrogens is 1. The Kier molecular flexibility index (Phi) is 10.6. The van der Waals surface area contributed by atoms with Crippen molar-refractivity contribution < 1.29 is 4.79 Å². The van der Waals surface area contributed by atoms with E-state index < -0.39 is 0 Å². The first-order valence-corrected chi connectivity index (χ1v) is 16.3. The maximum absolute atomic E-state index is 13.4. The topological polar surface area (TPSA) is 57.8 Å². The van der Waals surface area contributed by atoms with Crippen molar-refractivity contribution in [3.63, 3.8) is 0 Å². The van der Waals surface area contributed by atoms with Crippen LogP contribution in [0, 0.1) is 9.49 Å². The third-order valence-corrected chi connectivity index (χ3v) is 9.47. The van der Waals surface area contributed by atoms with Crippen LogP contribution in [0.25, 0.3) is 16.6 Å². The first kappa shape index (κ1) is 30.9. The van der Waals surface area contributed by atoms with E-state index in [1.807, 2.05) is 0 Å². The van der Waals surface area contributed by atoms with Gasteiger partial charge in [-0.05, 0) is 81.8 Å². The van der Waals surface area contributed by atoms with Crippen LogP contribution in [0.15, 0.2) is 18.2 Å². The zero-order valence-electron chi connectivity index (χ0n) is 22.4. The number of amides is 1. The molecule has 1 saturated carbocycles. The number of fused-ring (bicyclic) bond motifs is 1. The molecule has 3 rings (SSSR count). The molecule has 0 saturated heterocycles. The highest BCUT2D eigenvalue weighted by molar-refractivity contribution is 14.1. The number of hydrogen-bond donors (Lipinski definition) is 2. The van der Waals surface area contributed by atoms with Crippen LogP contribution in [0.4, 0.5) is 0 Å². The van der Waals surface area contributed by atoms with Crippen LogP contribution < -0.4 is 5.32 Å². The number of aromatic amines is 1. The Bertz CT molecular complexity index is 1110. The quantitative estimate of drug-likeness (QED) is 0.147. The third kappa shape index (κ3) is 8.46. The fraction of sp³-hybridized carbons (Fsp3) is 0.615. The second-order valence-electron chi connectivity index (χ2n) is 12.0. The van der Waals surface area contributed by atoms with Crippen LogP contribution in [-0.4, -0.2) is 45.4 Å². The Morgan fingerprint density at radius 1 is 1.31 bits per heavy atom. The van der Waals surface area contributed by atoms with Crippen LogP contribution in [0.5, 0.6) is 0 Å². The minimum atomic E-state index is -0.213. The third-order valence-electron chi connectivity index (χ3n) is 6.85. The van der Waals surface area contributed by atoms with Gasteiger partial charge in [-0.3, -0.25) is 4.79 Å². The van der Waals surface area contributed by atoms with Gasteiger partial charge in [0.25, 0.3) is 5.91 Å². The number of halogens is 1. The molecule has 2 aromatic rings. The molecule has 36 heavy (non-hydrogen) atoms. The SMILES string of the molecule is BC(C)(P)/C=C(\C(=O)NCC(C)(C)P)c1ccc2[nH]c([C@@H](CCC)C3CCC(P)(P)CC3)nc2c1I. The first-order valence-electron chi connectivity index (χ1n) is 13.0. The van der Waals surface area contributed by atoms with Crippen molar-refractivity contribution in [2.75, 3.05) is 6.54 Å². The highest BCUT2D eigenvalue weighted by atomic mass is 127. The highest BCUT2D eigenvalue weighted by Gasteiger charge is 2.33. The number of aromatic nitrogens is 2. The summed E-state index contributed by atoms with van der Waals surface area (Å²) in [7, 11) is 13.8. The van der Waals surface area contributed by atoms with Crippen molar-refractivity contribution in [1.82, 2.24) is 15.3 Å². The Morgan fingerprint density at radius 3 is 2.50 bits per heavy atom. The van der Waals surface area contributed by atoms with Crippen LogP contribution in [0.3, 0.4) is 0 Å². The largest absolute Gasteiger partial charge is 0.351 e. The Labute approximate surface area is 241 Å². The van der Waals surface area contributed by atoms with Crippen LogP contribution in [-0.2, 0) is 4.79 Å². The number of nitrogens with one attached hydrogen (secondary N) is 2. The minimum Gasteiger partial charge on any atom is -0.351 e. The fourth-order valence-electron chi connectivity index (χ4n) is 4.97. The molecule has 1 aliphatic carbocycles. The van der Waals surface area contributed by atoms with Crippen LogP contribution in [0.1, 0.15) is 83.5 Å². The van der Waals surface area contributed by atoms with Gasteiger partial charge < -0.3 is 10.3 Å². The Morgan fingerprint density at radius 2 is 1.94 bits per heavy atom. The van der Waals surface area contributed by atoms with Crippen molar-refractivity contribution in [2.24, 2.45) is 5.92 Å². The molecule has 0 radical (unpaired) electrons. The normalized spacial score (nSPS) is 19.8. The van der Waals surface area contributed by atoms with Gasteiger partial charge in [0, 0.05) is 27.2 Å². The van der Waals surface area contributed by atoms with E-state index in [1.165, 1.54) is 25.7 Å². The molecule has 0 spiro atoms. The molecule has 10 heteroatoms. The number of benzene rings is 1. The summed E-state index contributed by atoms with van der Waals surface area (Å²) >= 11 is 2.38. The lowest BCUT2D eigenvalue weighted by molar-refractivity contribution is -0.115. The van der Waals surface area contributed by atoms with E-state index in [1.54, 1.807) is 0 Å². The monoisotopic (exact) mass is 675 g/mol. The van der Waals surface area contributed by atoms with Crippen molar-refractivity contribution in [1.29, 1.82) is 0 Å². The molecule has 1 aromatic carbocycles. The minimum absolute atomic E-state index is 0.0431. The number of rotatable bonds is 9. The van der Waals surface area contributed by atoms with Crippen LogP contribution >= 0.6 is 59.6 Å². The molecule has 4 nitrogen and oxygen atoms in total. The summed E-state index contributed by atoms with van der Waals surface area (Å²) < 4.78 is 1.03. The summed E-state index contributed by atoms with van der Waals surface area (Å²) in [6.07, 6.45) is 9.26. The maximum atomic E-state index is 13.4. The number of hydrogen-bond acceptors (Lipinski definition) is 2. The molecule has 1 heterocycles. The molecule has 5 unspecified atom stereocenters. The zero-order valence-corrected chi connectivity index (χ0v) is 29.2. The van der Waals surface area contributed by atoms with Crippen LogP contribution in [0.2, 0.25) is 0 Å². The fourth-order valence-corrected chi connectivity index (χ4v) is 6.79. The van der Waals surface area contributed by atoms with Crippen molar-refractivity contribution in [3.05, 3.63) is 33.2 Å². The lowest BCUT2D eigenvalue weighted by Crippen LogP contribution is -2.35. The van der Waals surface area contributed by atoms with E-state index in [4.69, 9.17) is 4.98 Å². The summed E-state index contributed by atoms with van der Waals surface area (Å²) in [6.45, 7) is 9.15. The Hall–Kier alpha value is 0.415. The van der Waals surface area contributed by atoms with E-state index in [0.29, 0.717) is 28.9 Å². The molecule has 1 fully saturated rings. The van der Waals surface area contributed by atoms with E-state index in [2.05, 4.69) is 124 Å². The standard InChI is InChI=1S/C26H43BIN3OP4/c1-5-6-16(15-9-11-26(35,36)12-10-15)22-30-19-8-7-17(20(28)21(19)31-22)18(13-25(4,27)34)23(32)29-14-24(2,3)33/h7-8,13,15-16H,5-6,9-12,14,27,33-36H2,1-4H3,(H,29,32)(H,30,31)/b18-13-/t16-,25?/m0/s1. The zero-order chi connectivity index (χ0) is 26.9. The van der Waals surface area contributed by atoms with Gasteiger partial charge in [-0.2, -0.15) is 0 Å². The predicted molar refractivity (Wildman–Crippen MR) is 182 cm³/mol. The van der Waals surface area contributed by atoms with Gasteiger partial charge in [0.05, 0.1) is 5.52 Å². The molecule has 198 valence electrons. The van der Waals surface area contributed by atoms with E-state index in [9.17, 15) is 4.79 Å². The van der Waals surface area contributed by atoms with Gasteiger partial charge >= 0.3 is 0 Å². The number of allylic oxidation sites excluding steroid dienone is 1.